The fourth-order valence-corrected chi connectivity index (χ4v) is 2.29. The van der Waals surface area contributed by atoms with Gasteiger partial charge in [0.15, 0.2) is 0 Å². The van der Waals surface area contributed by atoms with Gasteiger partial charge in [0.25, 0.3) is 0 Å². The lowest BCUT2D eigenvalue weighted by atomic mass is 9.92. The van der Waals surface area contributed by atoms with Gasteiger partial charge >= 0.3 is 0 Å². The van der Waals surface area contributed by atoms with E-state index in [2.05, 4.69) is 55.2 Å². The Bertz CT molecular complexity index is 397. The molecule has 1 aliphatic carbocycles. The lowest BCUT2D eigenvalue weighted by molar-refractivity contribution is 0.399. The number of anilines is 1. The zero-order valence-electron chi connectivity index (χ0n) is 12.0. The van der Waals surface area contributed by atoms with Crippen molar-refractivity contribution < 1.29 is 0 Å². The highest BCUT2D eigenvalue weighted by atomic mass is 15.2. The second kappa shape index (κ2) is 5.70. The Morgan fingerprint density at radius 3 is 2.67 bits per heavy atom. The molecular weight excluding hydrogens is 222 g/mol. The molecule has 3 heteroatoms. The molecule has 0 aromatic carbocycles. The molecule has 1 saturated carbocycles. The van der Waals surface area contributed by atoms with Crippen molar-refractivity contribution >= 4 is 5.82 Å². The smallest absolute Gasteiger partial charge is 0.129 e. The molecule has 1 N–H and O–H groups in total. The van der Waals surface area contributed by atoms with Crippen molar-refractivity contribution in [1.29, 1.82) is 0 Å². The van der Waals surface area contributed by atoms with Crippen LogP contribution in [0.25, 0.3) is 0 Å². The Labute approximate surface area is 111 Å². The summed E-state index contributed by atoms with van der Waals surface area (Å²) in [5.41, 5.74) is 2.44. The molecule has 0 unspecified atom stereocenters. The van der Waals surface area contributed by atoms with Gasteiger partial charge in [0.05, 0.1) is 0 Å². The summed E-state index contributed by atoms with van der Waals surface area (Å²) in [7, 11) is 2.17. The van der Waals surface area contributed by atoms with E-state index >= 15 is 0 Å². The van der Waals surface area contributed by atoms with Crippen LogP contribution in [0.4, 0.5) is 5.82 Å². The summed E-state index contributed by atoms with van der Waals surface area (Å²) in [6.45, 7) is 7.36. The van der Waals surface area contributed by atoms with Crippen molar-refractivity contribution in [2.45, 2.75) is 58.7 Å². The van der Waals surface area contributed by atoms with E-state index < -0.39 is 0 Å². The van der Waals surface area contributed by atoms with Crippen molar-refractivity contribution in [2.75, 3.05) is 11.9 Å². The maximum atomic E-state index is 4.66. The zero-order chi connectivity index (χ0) is 13.1. The van der Waals surface area contributed by atoms with Gasteiger partial charge in [-0.05, 0) is 43.9 Å². The Balaban J connectivity index is 2.09. The van der Waals surface area contributed by atoms with Crippen LogP contribution in [-0.2, 0) is 6.54 Å². The fourth-order valence-electron chi connectivity index (χ4n) is 2.29. The van der Waals surface area contributed by atoms with E-state index in [1.165, 1.54) is 24.8 Å². The average molecular weight is 247 g/mol. The Kier molecular flexibility index (Phi) is 4.23. The standard InChI is InChI=1S/C15H25N3/c1-11(2)16-10-13-8-12(3)17-15(9-13)18(4)14-6-5-7-14/h8-9,11,14,16H,5-7,10H2,1-4H3. The maximum absolute atomic E-state index is 4.66. The molecule has 0 saturated heterocycles. The first kappa shape index (κ1) is 13.3. The molecule has 0 bridgehead atoms. The van der Waals surface area contributed by atoms with E-state index in [-0.39, 0.29) is 0 Å². The van der Waals surface area contributed by atoms with Crippen LogP contribution in [0.5, 0.6) is 0 Å². The number of hydrogen-bond donors (Lipinski definition) is 1. The molecule has 1 heterocycles. The van der Waals surface area contributed by atoms with E-state index in [1.807, 2.05) is 0 Å². The summed E-state index contributed by atoms with van der Waals surface area (Å²) in [4.78, 5) is 7.00. The van der Waals surface area contributed by atoms with Gasteiger partial charge in [0, 0.05) is 31.4 Å². The van der Waals surface area contributed by atoms with Gasteiger partial charge in [-0.15, -0.1) is 0 Å². The van der Waals surface area contributed by atoms with Gasteiger partial charge in [-0.25, -0.2) is 4.98 Å². The second-order valence-electron chi connectivity index (χ2n) is 5.71. The first-order chi connectivity index (χ1) is 8.56. The van der Waals surface area contributed by atoms with Gasteiger partial charge < -0.3 is 10.2 Å². The quantitative estimate of drug-likeness (QED) is 0.867. The predicted octanol–water partition coefficient (Wildman–Crippen LogP) is 2.88. The van der Waals surface area contributed by atoms with Crippen molar-refractivity contribution in [2.24, 2.45) is 0 Å². The Hall–Kier alpha value is -1.09. The van der Waals surface area contributed by atoms with Gasteiger partial charge in [0.1, 0.15) is 5.82 Å². The molecule has 18 heavy (non-hydrogen) atoms. The lowest BCUT2D eigenvalue weighted by Gasteiger charge is -2.35. The number of aryl methyl sites for hydroxylation is 1. The van der Waals surface area contributed by atoms with Crippen LogP contribution >= 0.6 is 0 Å². The van der Waals surface area contributed by atoms with Crippen LogP contribution in [0.15, 0.2) is 12.1 Å². The van der Waals surface area contributed by atoms with Gasteiger partial charge in [-0.3, -0.25) is 0 Å². The Morgan fingerprint density at radius 1 is 1.39 bits per heavy atom. The van der Waals surface area contributed by atoms with E-state index in [1.54, 1.807) is 0 Å². The summed E-state index contributed by atoms with van der Waals surface area (Å²) in [6.07, 6.45) is 3.99. The highest BCUT2D eigenvalue weighted by Crippen LogP contribution is 2.27. The summed E-state index contributed by atoms with van der Waals surface area (Å²) < 4.78 is 0. The SMILES string of the molecule is Cc1cc(CNC(C)C)cc(N(C)C2CCC2)n1. The third kappa shape index (κ3) is 3.22. The van der Waals surface area contributed by atoms with Crippen LogP contribution in [0.1, 0.15) is 44.4 Å². The molecule has 0 amide bonds. The van der Waals surface area contributed by atoms with Gasteiger partial charge in [-0.2, -0.15) is 0 Å². The molecule has 3 nitrogen and oxygen atoms in total. The number of rotatable bonds is 5. The summed E-state index contributed by atoms with van der Waals surface area (Å²) in [6, 6.07) is 5.62. The van der Waals surface area contributed by atoms with Crippen LogP contribution in [-0.4, -0.2) is 24.1 Å². The highest BCUT2D eigenvalue weighted by molar-refractivity contribution is 5.43. The minimum Gasteiger partial charge on any atom is -0.357 e. The first-order valence-corrected chi connectivity index (χ1v) is 7.00. The van der Waals surface area contributed by atoms with Crippen molar-refractivity contribution in [1.82, 2.24) is 10.3 Å². The molecule has 1 aliphatic rings. The molecule has 1 aromatic rings. The molecule has 0 spiro atoms. The van der Waals surface area contributed by atoms with Crippen LogP contribution in [0, 0.1) is 6.92 Å². The second-order valence-corrected chi connectivity index (χ2v) is 5.71. The summed E-state index contributed by atoms with van der Waals surface area (Å²) >= 11 is 0. The molecular formula is C15H25N3. The van der Waals surface area contributed by atoms with Crippen molar-refractivity contribution in [3.05, 3.63) is 23.4 Å². The van der Waals surface area contributed by atoms with Gasteiger partial charge in [-0.1, -0.05) is 13.8 Å². The molecule has 0 aliphatic heterocycles. The van der Waals surface area contributed by atoms with Crippen molar-refractivity contribution in [3.8, 4) is 0 Å². The van der Waals surface area contributed by atoms with Crippen LogP contribution in [0.3, 0.4) is 0 Å². The number of hydrogen-bond acceptors (Lipinski definition) is 3. The molecule has 2 rings (SSSR count). The third-order valence-corrected chi connectivity index (χ3v) is 3.70. The molecule has 0 radical (unpaired) electrons. The van der Waals surface area contributed by atoms with Crippen LogP contribution < -0.4 is 10.2 Å². The fraction of sp³-hybridized carbons (Fsp3) is 0.667. The first-order valence-electron chi connectivity index (χ1n) is 7.00. The summed E-state index contributed by atoms with van der Waals surface area (Å²) in [5.74, 6) is 1.13. The minimum absolute atomic E-state index is 0.520. The average Bonchev–Trinajstić information content (AvgIpc) is 2.23. The summed E-state index contributed by atoms with van der Waals surface area (Å²) in [5, 5.41) is 3.47. The topological polar surface area (TPSA) is 28.2 Å². The highest BCUT2D eigenvalue weighted by Gasteiger charge is 2.23. The maximum Gasteiger partial charge on any atom is 0.129 e. The number of pyridine rings is 1. The Morgan fingerprint density at radius 2 is 2.11 bits per heavy atom. The van der Waals surface area contributed by atoms with E-state index in [9.17, 15) is 0 Å². The predicted molar refractivity (Wildman–Crippen MR) is 77.0 cm³/mol. The van der Waals surface area contributed by atoms with E-state index in [0.29, 0.717) is 12.1 Å². The minimum atomic E-state index is 0.520. The number of nitrogens with one attached hydrogen (secondary N) is 1. The van der Waals surface area contributed by atoms with E-state index in [4.69, 9.17) is 0 Å². The van der Waals surface area contributed by atoms with Gasteiger partial charge in [0.2, 0.25) is 0 Å². The number of nitrogens with zero attached hydrogens (tertiary/aromatic N) is 2. The van der Waals surface area contributed by atoms with Crippen molar-refractivity contribution in [3.63, 3.8) is 0 Å². The zero-order valence-corrected chi connectivity index (χ0v) is 12.0. The monoisotopic (exact) mass is 247 g/mol. The number of aromatic nitrogens is 1. The molecule has 0 atom stereocenters. The van der Waals surface area contributed by atoms with E-state index in [0.717, 1.165) is 18.1 Å². The lowest BCUT2D eigenvalue weighted by Crippen LogP contribution is -2.37. The third-order valence-electron chi connectivity index (χ3n) is 3.70. The molecule has 1 aromatic heterocycles. The largest absolute Gasteiger partial charge is 0.357 e. The van der Waals surface area contributed by atoms with Crippen LogP contribution in [0.2, 0.25) is 0 Å². The normalized spacial score (nSPS) is 15.8. The molecule has 100 valence electrons. The molecule has 1 fully saturated rings.